The number of hydrogen-bond donors (Lipinski definition) is 0. The van der Waals surface area contributed by atoms with Crippen LogP contribution in [0.15, 0.2) is 36.4 Å². The molecule has 0 N–H and O–H groups in total. The molecule has 0 amide bonds. The van der Waals surface area contributed by atoms with E-state index in [9.17, 15) is 13.2 Å². The molecule has 0 bridgehead atoms. The average molecular weight is 320 g/mol. The Morgan fingerprint density at radius 2 is 1.83 bits per heavy atom. The van der Waals surface area contributed by atoms with E-state index in [4.69, 9.17) is 0 Å². The maximum Gasteiger partial charge on any atom is 0.400 e. The van der Waals surface area contributed by atoms with Gasteiger partial charge in [-0.15, -0.1) is 0 Å². The minimum atomic E-state index is -3.34. The molecule has 0 saturated carbocycles. The first kappa shape index (κ1) is 15.9. The second kappa shape index (κ2) is 5.91. The molecule has 2 aromatic rings. The Kier molecular flexibility index (Phi) is 4.09. The highest BCUT2D eigenvalue weighted by atomic mass is 19.3. The van der Waals surface area contributed by atoms with Gasteiger partial charge in [-0.1, -0.05) is 56.7 Å². The summed E-state index contributed by atoms with van der Waals surface area (Å²) in [5, 5.41) is 0. The molecule has 0 aromatic heterocycles. The molecular formula is C19H19F3O. The number of aryl methyl sites for hydroxylation is 1. The smallest absolute Gasteiger partial charge is 0.400 e. The van der Waals surface area contributed by atoms with E-state index in [1.807, 2.05) is 24.3 Å². The molecule has 1 heterocycles. The van der Waals surface area contributed by atoms with E-state index in [2.05, 4.69) is 11.7 Å². The number of alkyl halides is 2. The fourth-order valence-corrected chi connectivity index (χ4v) is 2.92. The van der Waals surface area contributed by atoms with Gasteiger partial charge in [0.05, 0.1) is 5.92 Å². The fraction of sp³-hybridized carbons (Fsp3) is 0.368. The zero-order valence-corrected chi connectivity index (χ0v) is 13.2. The Hall–Kier alpha value is -1.97. The molecule has 0 spiro atoms. The highest BCUT2D eigenvalue weighted by molar-refractivity contribution is 5.67. The van der Waals surface area contributed by atoms with E-state index >= 15 is 0 Å². The summed E-state index contributed by atoms with van der Waals surface area (Å²) in [5.41, 5.74) is 2.62. The summed E-state index contributed by atoms with van der Waals surface area (Å²) in [6.07, 6.45) is -1.24. The first-order valence-electron chi connectivity index (χ1n) is 7.90. The number of fused-ring (bicyclic) bond motifs is 1. The second-order valence-corrected chi connectivity index (χ2v) is 6.13. The van der Waals surface area contributed by atoms with Crippen LogP contribution in [0.3, 0.4) is 0 Å². The van der Waals surface area contributed by atoms with Gasteiger partial charge in [0.25, 0.3) is 0 Å². The third-order valence-electron chi connectivity index (χ3n) is 4.32. The molecule has 23 heavy (non-hydrogen) atoms. The van der Waals surface area contributed by atoms with Crippen LogP contribution in [0.5, 0.6) is 5.75 Å². The molecule has 4 heteroatoms. The van der Waals surface area contributed by atoms with Crippen molar-refractivity contribution in [2.24, 2.45) is 5.92 Å². The maximum atomic E-state index is 14.7. The summed E-state index contributed by atoms with van der Waals surface area (Å²) in [7, 11) is 0. The summed E-state index contributed by atoms with van der Waals surface area (Å²) in [6.45, 7) is 3.50. The predicted octanol–water partition coefficient (Wildman–Crippen LogP) is 5.61. The van der Waals surface area contributed by atoms with Crippen LogP contribution in [0.2, 0.25) is 0 Å². The molecule has 0 aliphatic carbocycles. The summed E-state index contributed by atoms with van der Waals surface area (Å²) < 4.78 is 46.9. The zero-order valence-electron chi connectivity index (χ0n) is 13.2. The summed E-state index contributed by atoms with van der Waals surface area (Å²) >= 11 is 0. The van der Waals surface area contributed by atoms with E-state index < -0.39 is 17.8 Å². The van der Waals surface area contributed by atoms with Gasteiger partial charge in [-0.3, -0.25) is 0 Å². The quantitative estimate of drug-likeness (QED) is 0.714. The van der Waals surface area contributed by atoms with E-state index in [0.29, 0.717) is 11.1 Å². The van der Waals surface area contributed by atoms with Gasteiger partial charge >= 0.3 is 6.11 Å². The maximum absolute atomic E-state index is 14.7. The predicted molar refractivity (Wildman–Crippen MR) is 84.3 cm³/mol. The SMILES string of the molecule is CCCc1ccc(-c2ccc3c(c2F)OC(F)(F)C(C)C3)cc1. The third kappa shape index (κ3) is 2.94. The van der Waals surface area contributed by atoms with Crippen molar-refractivity contribution in [2.75, 3.05) is 0 Å². The van der Waals surface area contributed by atoms with E-state index in [1.54, 1.807) is 12.1 Å². The second-order valence-electron chi connectivity index (χ2n) is 6.13. The van der Waals surface area contributed by atoms with Gasteiger partial charge in [-0.2, -0.15) is 8.78 Å². The van der Waals surface area contributed by atoms with Gasteiger partial charge in [0.15, 0.2) is 11.6 Å². The number of ether oxygens (including phenoxy) is 1. The lowest BCUT2D eigenvalue weighted by molar-refractivity contribution is -0.220. The van der Waals surface area contributed by atoms with Crippen LogP contribution < -0.4 is 4.74 Å². The van der Waals surface area contributed by atoms with E-state index in [0.717, 1.165) is 12.8 Å². The lowest BCUT2D eigenvalue weighted by atomic mass is 9.93. The fourth-order valence-electron chi connectivity index (χ4n) is 2.92. The van der Waals surface area contributed by atoms with Gasteiger partial charge in [-0.05, 0) is 29.5 Å². The lowest BCUT2D eigenvalue weighted by Crippen LogP contribution is -2.38. The summed E-state index contributed by atoms with van der Waals surface area (Å²) in [6, 6.07) is 10.8. The number of rotatable bonds is 3. The minimum Gasteiger partial charge on any atom is -0.429 e. The molecule has 1 aliphatic rings. The molecule has 1 unspecified atom stereocenters. The highest BCUT2D eigenvalue weighted by Gasteiger charge is 2.44. The van der Waals surface area contributed by atoms with Crippen molar-refractivity contribution in [1.29, 1.82) is 0 Å². The van der Waals surface area contributed by atoms with E-state index in [-0.39, 0.29) is 17.7 Å². The molecule has 0 radical (unpaired) electrons. The van der Waals surface area contributed by atoms with Gasteiger partial charge in [0.1, 0.15) is 0 Å². The van der Waals surface area contributed by atoms with Crippen molar-refractivity contribution in [3.63, 3.8) is 0 Å². The van der Waals surface area contributed by atoms with Crippen LogP contribution in [0, 0.1) is 11.7 Å². The van der Waals surface area contributed by atoms with Gasteiger partial charge in [-0.25, -0.2) is 4.39 Å². The van der Waals surface area contributed by atoms with Crippen molar-refractivity contribution in [3.05, 3.63) is 53.3 Å². The molecule has 1 atom stereocenters. The highest BCUT2D eigenvalue weighted by Crippen LogP contribution is 2.43. The first-order chi connectivity index (χ1) is 10.9. The molecule has 0 fully saturated rings. The van der Waals surface area contributed by atoms with Gasteiger partial charge in [0.2, 0.25) is 0 Å². The number of benzene rings is 2. The third-order valence-corrected chi connectivity index (χ3v) is 4.32. The van der Waals surface area contributed by atoms with Crippen molar-refractivity contribution >= 4 is 0 Å². The van der Waals surface area contributed by atoms with Crippen molar-refractivity contribution in [1.82, 2.24) is 0 Å². The van der Waals surface area contributed by atoms with Crippen LogP contribution in [-0.2, 0) is 12.8 Å². The Morgan fingerprint density at radius 3 is 2.48 bits per heavy atom. The first-order valence-corrected chi connectivity index (χ1v) is 7.90. The molecule has 0 saturated heterocycles. The normalized spacial score (nSPS) is 19.1. The van der Waals surface area contributed by atoms with Crippen LogP contribution in [0.1, 0.15) is 31.4 Å². The Bertz CT molecular complexity index is 707. The zero-order chi connectivity index (χ0) is 16.6. The summed E-state index contributed by atoms with van der Waals surface area (Å²) in [4.78, 5) is 0. The lowest BCUT2D eigenvalue weighted by Gasteiger charge is -2.31. The van der Waals surface area contributed by atoms with Crippen LogP contribution in [-0.4, -0.2) is 6.11 Å². The molecule has 122 valence electrons. The Labute approximate surface area is 134 Å². The van der Waals surface area contributed by atoms with E-state index in [1.165, 1.54) is 12.5 Å². The van der Waals surface area contributed by atoms with Crippen molar-refractivity contribution in [3.8, 4) is 16.9 Å². The van der Waals surface area contributed by atoms with Crippen LogP contribution in [0.4, 0.5) is 13.2 Å². The number of halogens is 3. The molecule has 1 aliphatic heterocycles. The molecule has 3 rings (SSSR count). The van der Waals surface area contributed by atoms with Crippen molar-refractivity contribution < 1.29 is 17.9 Å². The molecule has 2 aromatic carbocycles. The summed E-state index contributed by atoms with van der Waals surface area (Å²) in [5.74, 6) is -1.99. The van der Waals surface area contributed by atoms with Gasteiger partial charge in [0, 0.05) is 5.56 Å². The monoisotopic (exact) mass is 320 g/mol. The number of hydrogen-bond acceptors (Lipinski definition) is 1. The Morgan fingerprint density at radius 1 is 1.13 bits per heavy atom. The van der Waals surface area contributed by atoms with Crippen molar-refractivity contribution in [2.45, 2.75) is 39.2 Å². The Balaban J connectivity index is 1.99. The molecule has 1 nitrogen and oxygen atoms in total. The standard InChI is InChI=1S/C19H19F3O/c1-3-4-13-5-7-14(8-6-13)16-10-9-15-11-12(2)19(21,22)23-18(15)17(16)20/h5-10,12H,3-4,11H2,1-2H3. The van der Waals surface area contributed by atoms with Gasteiger partial charge < -0.3 is 4.74 Å². The average Bonchev–Trinajstić information content (AvgIpc) is 2.51. The minimum absolute atomic E-state index is 0.106. The van der Waals surface area contributed by atoms with Crippen LogP contribution >= 0.6 is 0 Å². The topological polar surface area (TPSA) is 9.23 Å². The largest absolute Gasteiger partial charge is 0.429 e. The van der Waals surface area contributed by atoms with Crippen LogP contribution in [0.25, 0.3) is 11.1 Å². The molecular weight excluding hydrogens is 301 g/mol.